The molecule has 2 aromatic heterocycles. The van der Waals surface area contributed by atoms with Gasteiger partial charge in [0, 0.05) is 30.1 Å². The van der Waals surface area contributed by atoms with Crippen molar-refractivity contribution in [2.24, 2.45) is 0 Å². The van der Waals surface area contributed by atoms with Crippen molar-refractivity contribution in [1.29, 1.82) is 0 Å². The number of amides is 1. The molecular weight excluding hydrogens is 417 g/mol. The van der Waals surface area contributed by atoms with Crippen LogP contribution in [0.3, 0.4) is 0 Å². The van der Waals surface area contributed by atoms with Gasteiger partial charge in [-0.05, 0) is 23.8 Å². The van der Waals surface area contributed by atoms with Crippen molar-refractivity contribution in [3.63, 3.8) is 0 Å². The molecule has 0 fully saturated rings. The standard InChI is InChI=1S/C23H20FN3O3S/c1-26(11-16-5-3-4-6-19(16)30-2)20(28)12-27-14-25-22-21(23(27)29)18(13-31-22)15-7-9-17(24)10-8-15/h3-10,13-14H,11-12H2,1-2H3. The molecule has 0 radical (unpaired) electrons. The number of fused-ring (bicyclic) bond motifs is 1. The highest BCUT2D eigenvalue weighted by Crippen LogP contribution is 2.30. The van der Waals surface area contributed by atoms with Gasteiger partial charge in [0.1, 0.15) is 22.9 Å². The molecule has 4 aromatic rings. The quantitative estimate of drug-likeness (QED) is 0.459. The number of halogens is 1. The Morgan fingerprint density at radius 1 is 1.19 bits per heavy atom. The summed E-state index contributed by atoms with van der Waals surface area (Å²) in [6.45, 7) is 0.221. The molecule has 0 bridgehead atoms. The zero-order valence-electron chi connectivity index (χ0n) is 17.0. The lowest BCUT2D eigenvalue weighted by molar-refractivity contribution is -0.131. The third-order valence-electron chi connectivity index (χ3n) is 5.05. The first-order valence-corrected chi connectivity index (χ1v) is 10.4. The molecule has 0 saturated heterocycles. The Morgan fingerprint density at radius 3 is 2.68 bits per heavy atom. The summed E-state index contributed by atoms with van der Waals surface area (Å²) in [5.74, 6) is 0.125. The normalized spacial score (nSPS) is 10.9. The lowest BCUT2D eigenvalue weighted by atomic mass is 10.1. The lowest BCUT2D eigenvalue weighted by Crippen LogP contribution is -2.33. The molecular formula is C23H20FN3O3S. The van der Waals surface area contributed by atoms with Crippen LogP contribution in [-0.2, 0) is 17.9 Å². The van der Waals surface area contributed by atoms with Crippen LogP contribution in [0.4, 0.5) is 4.39 Å². The molecule has 0 aliphatic heterocycles. The number of likely N-dealkylation sites (N-methyl/N-ethyl adjacent to an activating group) is 1. The maximum absolute atomic E-state index is 13.3. The second kappa shape index (κ2) is 8.69. The molecule has 2 heterocycles. The smallest absolute Gasteiger partial charge is 0.263 e. The minimum Gasteiger partial charge on any atom is -0.496 e. The van der Waals surface area contributed by atoms with Gasteiger partial charge >= 0.3 is 0 Å². The fourth-order valence-electron chi connectivity index (χ4n) is 3.37. The molecule has 6 nitrogen and oxygen atoms in total. The van der Waals surface area contributed by atoms with E-state index in [-0.39, 0.29) is 23.8 Å². The van der Waals surface area contributed by atoms with Gasteiger partial charge in [-0.3, -0.25) is 14.2 Å². The molecule has 31 heavy (non-hydrogen) atoms. The Labute approximate surface area is 182 Å². The van der Waals surface area contributed by atoms with Crippen molar-refractivity contribution < 1.29 is 13.9 Å². The molecule has 0 aliphatic carbocycles. The predicted molar refractivity (Wildman–Crippen MR) is 119 cm³/mol. The van der Waals surface area contributed by atoms with Crippen molar-refractivity contribution >= 4 is 27.5 Å². The number of rotatable bonds is 6. The first-order chi connectivity index (χ1) is 15.0. The molecule has 8 heteroatoms. The van der Waals surface area contributed by atoms with Crippen LogP contribution in [0, 0.1) is 5.82 Å². The highest BCUT2D eigenvalue weighted by molar-refractivity contribution is 7.17. The Balaban J connectivity index is 1.60. The van der Waals surface area contributed by atoms with E-state index in [4.69, 9.17) is 4.74 Å². The van der Waals surface area contributed by atoms with Crippen molar-refractivity contribution in [2.45, 2.75) is 13.1 Å². The number of methoxy groups -OCH3 is 1. The second-order valence-corrected chi connectivity index (χ2v) is 7.93. The van der Waals surface area contributed by atoms with Gasteiger partial charge in [-0.2, -0.15) is 0 Å². The maximum atomic E-state index is 13.3. The molecule has 0 unspecified atom stereocenters. The topological polar surface area (TPSA) is 64.4 Å². The van der Waals surface area contributed by atoms with E-state index in [1.807, 2.05) is 29.6 Å². The van der Waals surface area contributed by atoms with Crippen molar-refractivity contribution in [3.8, 4) is 16.9 Å². The van der Waals surface area contributed by atoms with Gasteiger partial charge in [0.25, 0.3) is 5.56 Å². The minimum atomic E-state index is -0.345. The van der Waals surface area contributed by atoms with Crippen LogP contribution < -0.4 is 10.3 Å². The maximum Gasteiger partial charge on any atom is 0.263 e. The van der Waals surface area contributed by atoms with Crippen LogP contribution in [0.5, 0.6) is 5.75 Å². The number of para-hydroxylation sites is 1. The van der Waals surface area contributed by atoms with Gasteiger partial charge in [-0.1, -0.05) is 30.3 Å². The van der Waals surface area contributed by atoms with Gasteiger partial charge in [0.2, 0.25) is 5.91 Å². The molecule has 2 aromatic carbocycles. The summed E-state index contributed by atoms with van der Waals surface area (Å²) in [5.41, 5.74) is 1.98. The van der Waals surface area contributed by atoms with Crippen LogP contribution in [-0.4, -0.2) is 34.5 Å². The molecule has 0 N–H and O–H groups in total. The Bertz CT molecular complexity index is 1300. The third-order valence-corrected chi connectivity index (χ3v) is 5.93. The Kier molecular flexibility index (Phi) is 5.81. The summed E-state index contributed by atoms with van der Waals surface area (Å²) >= 11 is 1.34. The first-order valence-electron chi connectivity index (χ1n) is 9.56. The van der Waals surface area contributed by atoms with E-state index < -0.39 is 0 Å². The highest BCUT2D eigenvalue weighted by atomic mass is 32.1. The summed E-state index contributed by atoms with van der Waals surface area (Å²) in [4.78, 5) is 32.4. The summed E-state index contributed by atoms with van der Waals surface area (Å²) in [7, 11) is 3.26. The number of benzene rings is 2. The Hall–Kier alpha value is -3.52. The summed E-state index contributed by atoms with van der Waals surface area (Å²) in [5, 5.41) is 2.26. The van der Waals surface area contributed by atoms with E-state index in [2.05, 4.69) is 4.98 Å². The van der Waals surface area contributed by atoms with Crippen molar-refractivity contribution in [1.82, 2.24) is 14.5 Å². The highest BCUT2D eigenvalue weighted by Gasteiger charge is 2.17. The monoisotopic (exact) mass is 437 g/mol. The average molecular weight is 437 g/mol. The zero-order valence-corrected chi connectivity index (χ0v) is 17.9. The number of carbonyl (C=O) groups is 1. The van der Waals surface area contributed by atoms with Crippen molar-refractivity contribution in [2.75, 3.05) is 14.2 Å². The molecule has 0 spiro atoms. The van der Waals surface area contributed by atoms with Crippen LogP contribution in [0.15, 0.2) is 65.0 Å². The summed E-state index contributed by atoms with van der Waals surface area (Å²) in [6, 6.07) is 13.4. The van der Waals surface area contributed by atoms with Crippen LogP contribution in [0.1, 0.15) is 5.56 Å². The van der Waals surface area contributed by atoms with Gasteiger partial charge in [-0.25, -0.2) is 9.37 Å². The molecule has 0 aliphatic rings. The van der Waals surface area contributed by atoms with E-state index in [0.717, 1.165) is 11.1 Å². The second-order valence-electron chi connectivity index (χ2n) is 7.08. The predicted octanol–water partition coefficient (Wildman–Crippen LogP) is 3.93. The third kappa shape index (κ3) is 4.20. The van der Waals surface area contributed by atoms with E-state index in [1.165, 1.54) is 34.4 Å². The lowest BCUT2D eigenvalue weighted by Gasteiger charge is -2.19. The van der Waals surface area contributed by atoms with Gasteiger partial charge in [0.05, 0.1) is 18.8 Å². The SMILES string of the molecule is COc1ccccc1CN(C)C(=O)Cn1cnc2scc(-c3ccc(F)cc3)c2c1=O. The van der Waals surface area contributed by atoms with E-state index in [0.29, 0.717) is 28.1 Å². The summed E-state index contributed by atoms with van der Waals surface area (Å²) in [6.07, 6.45) is 1.39. The number of aromatic nitrogens is 2. The molecule has 0 atom stereocenters. The van der Waals surface area contributed by atoms with Crippen molar-refractivity contribution in [3.05, 3.63) is 82.0 Å². The van der Waals surface area contributed by atoms with Gasteiger partial charge in [0.15, 0.2) is 0 Å². The fourth-order valence-corrected chi connectivity index (χ4v) is 4.27. The van der Waals surface area contributed by atoms with Crippen LogP contribution in [0.2, 0.25) is 0 Å². The zero-order chi connectivity index (χ0) is 22.0. The van der Waals surface area contributed by atoms with Crippen LogP contribution >= 0.6 is 11.3 Å². The largest absolute Gasteiger partial charge is 0.496 e. The molecule has 1 amide bonds. The number of hydrogen-bond donors (Lipinski definition) is 0. The van der Waals surface area contributed by atoms with E-state index in [1.54, 1.807) is 31.2 Å². The van der Waals surface area contributed by atoms with Gasteiger partial charge in [-0.15, -0.1) is 11.3 Å². The summed E-state index contributed by atoms with van der Waals surface area (Å²) < 4.78 is 19.9. The first kappa shape index (κ1) is 20.7. The number of ether oxygens (including phenoxy) is 1. The molecule has 158 valence electrons. The number of thiophene rings is 1. The van der Waals surface area contributed by atoms with Crippen LogP contribution in [0.25, 0.3) is 21.3 Å². The minimum absolute atomic E-state index is 0.133. The average Bonchev–Trinajstić information content (AvgIpc) is 3.21. The number of carbonyl (C=O) groups excluding carboxylic acids is 1. The molecule has 4 rings (SSSR count). The van der Waals surface area contributed by atoms with E-state index in [9.17, 15) is 14.0 Å². The molecule has 0 saturated carbocycles. The van der Waals surface area contributed by atoms with Gasteiger partial charge < -0.3 is 9.64 Å². The number of nitrogens with zero attached hydrogens (tertiary/aromatic N) is 3. The number of hydrogen-bond acceptors (Lipinski definition) is 5. The Morgan fingerprint density at radius 2 is 1.94 bits per heavy atom. The van der Waals surface area contributed by atoms with E-state index >= 15 is 0 Å². The fraction of sp³-hybridized carbons (Fsp3) is 0.174.